The number of nitro groups is 1. The highest BCUT2D eigenvalue weighted by molar-refractivity contribution is 6.71. The molecule has 182 valence electrons. The molecular formula is C21H21BCl2N6O5. The minimum atomic E-state index is -0.447. The van der Waals surface area contributed by atoms with E-state index in [1.807, 2.05) is 0 Å². The first-order chi connectivity index (χ1) is 16.6. The first-order valence-corrected chi connectivity index (χ1v) is 11.2. The van der Waals surface area contributed by atoms with Crippen LogP contribution in [0.25, 0.3) is 0 Å². The van der Waals surface area contributed by atoms with E-state index in [4.69, 9.17) is 32.7 Å². The number of fused-ring (bicyclic) bond motifs is 1. The van der Waals surface area contributed by atoms with Gasteiger partial charge in [-0.1, -0.05) is 36.0 Å². The molecule has 11 nitrogen and oxygen atoms in total. The molecule has 2 aliphatic heterocycles. The molecule has 1 N–H and O–H groups in total. The lowest BCUT2D eigenvalue weighted by Gasteiger charge is -2.35. The van der Waals surface area contributed by atoms with Crippen molar-refractivity contribution in [3.63, 3.8) is 0 Å². The fourth-order valence-electron chi connectivity index (χ4n) is 4.15. The SMILES string of the molecule is COc1cc(OC)c(Cl)c(N2Cc3cnc(NC4=C([N+](=O)[O-])B(C)C=C4C)nc3N(C)C2=O)c1Cl. The van der Waals surface area contributed by atoms with Crippen molar-refractivity contribution in [1.82, 2.24) is 9.97 Å². The van der Waals surface area contributed by atoms with Gasteiger partial charge in [0.1, 0.15) is 33.1 Å². The lowest BCUT2D eigenvalue weighted by atomic mass is 9.51. The van der Waals surface area contributed by atoms with Crippen molar-refractivity contribution in [2.45, 2.75) is 20.3 Å². The quantitative estimate of drug-likeness (QED) is 0.338. The van der Waals surface area contributed by atoms with Gasteiger partial charge in [-0.3, -0.25) is 19.9 Å². The summed E-state index contributed by atoms with van der Waals surface area (Å²) in [4.78, 5) is 36.0. The number of benzene rings is 1. The largest absolute Gasteiger partial charge is 0.495 e. The Kier molecular flexibility index (Phi) is 6.52. The summed E-state index contributed by atoms with van der Waals surface area (Å²) in [5.41, 5.74) is 1.95. The molecule has 2 amide bonds. The third-order valence-electron chi connectivity index (χ3n) is 5.84. The minimum Gasteiger partial charge on any atom is -0.495 e. The number of ether oxygens (including phenoxy) is 2. The smallest absolute Gasteiger partial charge is 0.330 e. The lowest BCUT2D eigenvalue weighted by Crippen LogP contribution is -2.46. The van der Waals surface area contributed by atoms with Gasteiger partial charge >= 0.3 is 6.03 Å². The standard InChI is InChI=1S/C21H21BCl2N6O5/c1-10-7-22(2)18(30(32)33)16(10)26-20-25-8-11-9-29(21(31)28(3)19(11)27-20)17-14(23)12(34-4)6-13(35-5)15(17)24/h6-8H,9H2,1-5H3,(H,25,26,27). The molecule has 0 saturated carbocycles. The fourth-order valence-corrected chi connectivity index (χ4v) is 4.86. The van der Waals surface area contributed by atoms with Gasteiger partial charge in [0.15, 0.2) is 0 Å². The lowest BCUT2D eigenvalue weighted by molar-refractivity contribution is -0.414. The summed E-state index contributed by atoms with van der Waals surface area (Å²) >= 11 is 13.0. The number of methoxy groups -OCH3 is 2. The summed E-state index contributed by atoms with van der Waals surface area (Å²) in [5.74, 6) is 2.87. The van der Waals surface area contributed by atoms with E-state index in [0.717, 1.165) is 5.57 Å². The molecule has 2 aliphatic rings. The first-order valence-electron chi connectivity index (χ1n) is 10.4. The van der Waals surface area contributed by atoms with Crippen LogP contribution in [0.1, 0.15) is 12.5 Å². The molecule has 35 heavy (non-hydrogen) atoms. The number of anilines is 3. The first kappa shape index (κ1) is 24.6. The molecule has 0 bridgehead atoms. The van der Waals surface area contributed by atoms with Gasteiger partial charge in [0.05, 0.1) is 26.5 Å². The molecule has 0 saturated heterocycles. The summed E-state index contributed by atoms with van der Waals surface area (Å²) in [7, 11) is 4.44. The average molecular weight is 519 g/mol. The zero-order valence-corrected chi connectivity index (χ0v) is 21.1. The predicted octanol–water partition coefficient (Wildman–Crippen LogP) is 4.44. The highest BCUT2D eigenvalue weighted by Gasteiger charge is 2.36. The maximum Gasteiger partial charge on any atom is 0.330 e. The van der Waals surface area contributed by atoms with Gasteiger partial charge in [0.25, 0.3) is 6.71 Å². The highest BCUT2D eigenvalue weighted by Crippen LogP contribution is 2.47. The number of halogens is 2. The Morgan fingerprint density at radius 3 is 2.43 bits per heavy atom. The topological polar surface area (TPSA) is 123 Å². The van der Waals surface area contributed by atoms with E-state index in [1.165, 1.54) is 30.1 Å². The number of carbonyl (C=O) groups excluding carboxylic acids is 1. The van der Waals surface area contributed by atoms with E-state index in [2.05, 4.69) is 15.3 Å². The second kappa shape index (κ2) is 9.27. The van der Waals surface area contributed by atoms with Crippen LogP contribution in [0.2, 0.25) is 16.9 Å². The molecule has 4 rings (SSSR count). The molecule has 0 unspecified atom stereocenters. The molecule has 0 fully saturated rings. The number of nitrogens with one attached hydrogen (secondary N) is 1. The van der Waals surface area contributed by atoms with E-state index in [1.54, 1.807) is 33.0 Å². The van der Waals surface area contributed by atoms with Crippen LogP contribution < -0.4 is 24.6 Å². The van der Waals surface area contributed by atoms with Crippen LogP contribution in [-0.2, 0) is 6.54 Å². The van der Waals surface area contributed by atoms with Crippen molar-refractivity contribution in [2.24, 2.45) is 0 Å². The Morgan fingerprint density at radius 2 is 1.86 bits per heavy atom. The zero-order chi connectivity index (χ0) is 25.6. The van der Waals surface area contributed by atoms with E-state index < -0.39 is 11.0 Å². The van der Waals surface area contributed by atoms with E-state index >= 15 is 0 Å². The predicted molar refractivity (Wildman–Crippen MR) is 135 cm³/mol. The minimum absolute atomic E-state index is 0.0377. The highest BCUT2D eigenvalue weighted by atomic mass is 35.5. The van der Waals surface area contributed by atoms with Crippen LogP contribution in [0.3, 0.4) is 0 Å². The maximum atomic E-state index is 13.3. The van der Waals surface area contributed by atoms with Gasteiger partial charge < -0.3 is 14.8 Å². The van der Waals surface area contributed by atoms with Crippen LogP contribution in [0.5, 0.6) is 11.5 Å². The van der Waals surface area contributed by atoms with Gasteiger partial charge in [-0.2, -0.15) is 4.98 Å². The number of hydrogen-bond acceptors (Lipinski definition) is 8. The van der Waals surface area contributed by atoms with Crippen LogP contribution in [0.4, 0.5) is 22.2 Å². The number of carbonyl (C=O) groups is 1. The molecule has 14 heteroatoms. The summed E-state index contributed by atoms with van der Waals surface area (Å²) < 4.78 is 10.6. The molecule has 0 spiro atoms. The molecule has 1 aromatic heterocycles. The van der Waals surface area contributed by atoms with Crippen molar-refractivity contribution >= 4 is 53.4 Å². The number of hydrogen-bond donors (Lipinski definition) is 1. The molecule has 0 radical (unpaired) electrons. The second-order valence-electron chi connectivity index (χ2n) is 8.01. The van der Waals surface area contributed by atoms with Crippen LogP contribution in [0, 0.1) is 10.1 Å². The summed E-state index contributed by atoms with van der Waals surface area (Å²) in [5, 5.41) is 14.8. The van der Waals surface area contributed by atoms with Crippen molar-refractivity contribution in [3.8, 4) is 11.5 Å². The van der Waals surface area contributed by atoms with Gasteiger partial charge in [-0.05, 0) is 12.5 Å². The Hall–Kier alpha value is -3.51. The van der Waals surface area contributed by atoms with Gasteiger partial charge in [0, 0.05) is 29.8 Å². The molecule has 0 atom stereocenters. The fraction of sp³-hybridized carbons (Fsp3) is 0.286. The van der Waals surface area contributed by atoms with Crippen molar-refractivity contribution < 1.29 is 19.2 Å². The maximum absolute atomic E-state index is 13.3. The third-order valence-corrected chi connectivity index (χ3v) is 6.57. The summed E-state index contributed by atoms with van der Waals surface area (Å²) in [6.07, 6.45) is 1.55. The Labute approximate surface area is 211 Å². The molecule has 3 heterocycles. The molecule has 1 aromatic carbocycles. The Morgan fingerprint density at radius 1 is 1.23 bits per heavy atom. The van der Waals surface area contributed by atoms with Crippen molar-refractivity contribution in [1.29, 1.82) is 0 Å². The van der Waals surface area contributed by atoms with E-state index in [9.17, 15) is 14.9 Å². The van der Waals surface area contributed by atoms with Crippen molar-refractivity contribution in [2.75, 3.05) is 36.4 Å². The number of amides is 2. The summed E-state index contributed by atoms with van der Waals surface area (Å²) in [6, 6.07) is 1.09. The van der Waals surface area contributed by atoms with E-state index in [0.29, 0.717) is 28.6 Å². The van der Waals surface area contributed by atoms with Crippen LogP contribution in [-0.4, -0.2) is 48.9 Å². The number of nitrogens with zero attached hydrogens (tertiary/aromatic N) is 5. The van der Waals surface area contributed by atoms with E-state index in [-0.39, 0.29) is 40.5 Å². The molecule has 0 aliphatic carbocycles. The van der Waals surface area contributed by atoms with Crippen molar-refractivity contribution in [3.05, 3.63) is 60.8 Å². The zero-order valence-electron chi connectivity index (χ0n) is 19.5. The third kappa shape index (κ3) is 4.12. The summed E-state index contributed by atoms with van der Waals surface area (Å²) in [6.45, 7) is 3.25. The molecular weight excluding hydrogens is 498 g/mol. The number of urea groups is 1. The van der Waals surface area contributed by atoms with Gasteiger partial charge in [-0.15, -0.1) is 0 Å². The van der Waals surface area contributed by atoms with Crippen LogP contribution >= 0.6 is 23.2 Å². The second-order valence-corrected chi connectivity index (χ2v) is 8.76. The average Bonchev–Trinajstić information content (AvgIpc) is 3.10. The normalized spacial score (nSPS) is 15.3. The molecule has 2 aromatic rings. The number of rotatable bonds is 6. The van der Waals surface area contributed by atoms with Gasteiger partial charge in [-0.25, -0.2) is 9.78 Å². The number of aromatic nitrogens is 2. The Balaban J connectivity index is 1.72. The van der Waals surface area contributed by atoms with Crippen LogP contribution in [0.15, 0.2) is 35.1 Å². The Bertz CT molecular complexity index is 1290. The monoisotopic (exact) mass is 518 g/mol. The number of allylic oxidation sites excluding steroid dienone is 1. The van der Waals surface area contributed by atoms with Gasteiger partial charge in [0.2, 0.25) is 11.5 Å².